The van der Waals surface area contributed by atoms with Gasteiger partial charge in [-0.1, -0.05) is 0 Å². The van der Waals surface area contributed by atoms with E-state index in [1.54, 1.807) is 25.3 Å². The monoisotopic (exact) mass is 275 g/mol. The summed E-state index contributed by atoms with van der Waals surface area (Å²) in [6.07, 6.45) is 2.52. The van der Waals surface area contributed by atoms with Gasteiger partial charge in [0.2, 0.25) is 0 Å². The van der Waals surface area contributed by atoms with E-state index in [-0.39, 0.29) is 23.7 Å². The zero-order chi connectivity index (χ0) is 14.1. The molecule has 0 bridgehead atoms. The molecule has 0 aromatic heterocycles. The third-order valence-corrected chi connectivity index (χ3v) is 3.71. The highest BCUT2D eigenvalue weighted by Crippen LogP contribution is 2.36. The standard InChI is InChI=1S/C15H17NO4/c1-19-10-4-5-12(16-13-6-7-20-15(13)18)11(8-10)14(17)9-2-3-9/h4-5,8-9,13,16H,2-3,6-7H2,1H3. The van der Waals surface area contributed by atoms with E-state index in [0.29, 0.717) is 30.0 Å². The second-order valence-electron chi connectivity index (χ2n) is 5.20. The Hall–Kier alpha value is -2.04. The number of carbonyl (C=O) groups is 2. The smallest absolute Gasteiger partial charge is 0.328 e. The van der Waals surface area contributed by atoms with Gasteiger partial charge in [0.1, 0.15) is 11.8 Å². The van der Waals surface area contributed by atoms with Crippen LogP contribution in [-0.4, -0.2) is 31.5 Å². The summed E-state index contributed by atoms with van der Waals surface area (Å²) in [5.41, 5.74) is 1.29. The van der Waals surface area contributed by atoms with Crippen molar-refractivity contribution in [1.29, 1.82) is 0 Å². The van der Waals surface area contributed by atoms with Gasteiger partial charge in [-0.2, -0.15) is 0 Å². The number of hydrogen-bond donors (Lipinski definition) is 1. The summed E-state index contributed by atoms with van der Waals surface area (Å²) >= 11 is 0. The molecule has 0 amide bonds. The summed E-state index contributed by atoms with van der Waals surface area (Å²) in [6, 6.07) is 4.95. The summed E-state index contributed by atoms with van der Waals surface area (Å²) in [5, 5.41) is 3.12. The van der Waals surface area contributed by atoms with E-state index in [0.717, 1.165) is 12.8 Å². The maximum Gasteiger partial charge on any atom is 0.328 e. The minimum absolute atomic E-state index is 0.123. The van der Waals surface area contributed by atoms with Crippen LogP contribution in [0.3, 0.4) is 0 Å². The van der Waals surface area contributed by atoms with Crippen molar-refractivity contribution in [2.45, 2.75) is 25.3 Å². The molecule has 1 saturated heterocycles. The van der Waals surface area contributed by atoms with Crippen LogP contribution in [0.4, 0.5) is 5.69 Å². The molecule has 1 aliphatic heterocycles. The summed E-state index contributed by atoms with van der Waals surface area (Å²) in [5.74, 6) is 0.634. The van der Waals surface area contributed by atoms with Crippen LogP contribution in [0.1, 0.15) is 29.6 Å². The van der Waals surface area contributed by atoms with Crippen LogP contribution in [0.25, 0.3) is 0 Å². The third-order valence-electron chi connectivity index (χ3n) is 3.71. The lowest BCUT2D eigenvalue weighted by Crippen LogP contribution is -2.25. The average molecular weight is 275 g/mol. The SMILES string of the molecule is COc1ccc(NC2CCOC2=O)c(C(=O)C2CC2)c1. The Bertz CT molecular complexity index is 551. The van der Waals surface area contributed by atoms with E-state index >= 15 is 0 Å². The molecule has 1 aromatic carbocycles. The van der Waals surface area contributed by atoms with Crippen LogP contribution >= 0.6 is 0 Å². The molecule has 1 aromatic rings. The van der Waals surface area contributed by atoms with E-state index in [1.807, 2.05) is 0 Å². The first-order valence-electron chi connectivity index (χ1n) is 6.84. The van der Waals surface area contributed by atoms with E-state index in [4.69, 9.17) is 9.47 Å². The van der Waals surface area contributed by atoms with Crippen LogP contribution in [0.5, 0.6) is 5.75 Å². The topological polar surface area (TPSA) is 64.6 Å². The fourth-order valence-corrected chi connectivity index (χ4v) is 2.36. The van der Waals surface area contributed by atoms with Crippen molar-refractivity contribution in [2.75, 3.05) is 19.0 Å². The molecular formula is C15H17NO4. The van der Waals surface area contributed by atoms with Crippen molar-refractivity contribution >= 4 is 17.4 Å². The number of ketones is 1. The highest BCUT2D eigenvalue weighted by Gasteiger charge is 2.33. The molecule has 1 unspecified atom stereocenters. The molecule has 0 spiro atoms. The molecule has 106 valence electrons. The fourth-order valence-electron chi connectivity index (χ4n) is 2.36. The van der Waals surface area contributed by atoms with Gasteiger partial charge in [0.25, 0.3) is 0 Å². The first-order valence-corrected chi connectivity index (χ1v) is 6.84. The van der Waals surface area contributed by atoms with Crippen LogP contribution in [-0.2, 0) is 9.53 Å². The number of anilines is 1. The largest absolute Gasteiger partial charge is 0.497 e. The number of methoxy groups -OCH3 is 1. The van der Waals surface area contributed by atoms with Crippen LogP contribution in [0.15, 0.2) is 18.2 Å². The second kappa shape index (κ2) is 5.15. The van der Waals surface area contributed by atoms with E-state index < -0.39 is 0 Å². The number of cyclic esters (lactones) is 1. The molecule has 1 heterocycles. The lowest BCUT2D eigenvalue weighted by molar-refractivity contribution is -0.138. The van der Waals surface area contributed by atoms with E-state index in [9.17, 15) is 9.59 Å². The van der Waals surface area contributed by atoms with Crippen LogP contribution in [0, 0.1) is 5.92 Å². The highest BCUT2D eigenvalue weighted by molar-refractivity contribution is 6.04. The maximum atomic E-state index is 12.3. The van der Waals surface area contributed by atoms with Crippen molar-refractivity contribution in [3.05, 3.63) is 23.8 Å². The zero-order valence-corrected chi connectivity index (χ0v) is 11.3. The summed E-state index contributed by atoms with van der Waals surface area (Å²) in [7, 11) is 1.57. The predicted molar refractivity (Wildman–Crippen MR) is 73.0 cm³/mol. The molecule has 1 atom stereocenters. The Morgan fingerprint density at radius 2 is 2.15 bits per heavy atom. The second-order valence-corrected chi connectivity index (χ2v) is 5.20. The van der Waals surface area contributed by atoms with Crippen LogP contribution < -0.4 is 10.1 Å². The Labute approximate surface area is 117 Å². The van der Waals surface area contributed by atoms with Gasteiger partial charge < -0.3 is 14.8 Å². The van der Waals surface area contributed by atoms with Gasteiger partial charge >= 0.3 is 5.97 Å². The summed E-state index contributed by atoms with van der Waals surface area (Å²) < 4.78 is 10.1. The minimum atomic E-state index is -0.367. The fraction of sp³-hybridized carbons (Fsp3) is 0.467. The summed E-state index contributed by atoms with van der Waals surface area (Å²) in [6.45, 7) is 0.429. The Balaban J connectivity index is 1.88. The van der Waals surface area contributed by atoms with Gasteiger partial charge in [-0.25, -0.2) is 4.79 Å². The van der Waals surface area contributed by atoms with Gasteiger partial charge in [-0.05, 0) is 31.0 Å². The number of benzene rings is 1. The summed E-state index contributed by atoms with van der Waals surface area (Å²) in [4.78, 5) is 23.9. The Kier molecular flexibility index (Phi) is 3.34. The van der Waals surface area contributed by atoms with Crippen molar-refractivity contribution in [3.63, 3.8) is 0 Å². The van der Waals surface area contributed by atoms with Gasteiger partial charge in [-0.3, -0.25) is 4.79 Å². The predicted octanol–water partition coefficient (Wildman–Crippen LogP) is 2.02. The molecular weight excluding hydrogens is 258 g/mol. The molecule has 5 heteroatoms. The molecule has 1 saturated carbocycles. The molecule has 1 aliphatic carbocycles. The molecule has 3 rings (SSSR count). The van der Waals surface area contributed by atoms with E-state index in [1.165, 1.54) is 0 Å². The molecule has 2 aliphatic rings. The lowest BCUT2D eigenvalue weighted by atomic mass is 10.0. The first kappa shape index (κ1) is 13.0. The number of esters is 1. The lowest BCUT2D eigenvalue weighted by Gasteiger charge is -2.15. The molecule has 2 fully saturated rings. The minimum Gasteiger partial charge on any atom is -0.497 e. The molecule has 20 heavy (non-hydrogen) atoms. The number of carbonyl (C=O) groups excluding carboxylic acids is 2. The molecule has 0 radical (unpaired) electrons. The molecule has 1 N–H and O–H groups in total. The third kappa shape index (κ3) is 2.48. The van der Waals surface area contributed by atoms with Crippen LogP contribution in [0.2, 0.25) is 0 Å². The normalized spacial score (nSPS) is 21.4. The number of Topliss-reactive ketones (excluding diaryl/α,β-unsaturated/α-hetero) is 1. The van der Waals surface area contributed by atoms with E-state index in [2.05, 4.69) is 5.32 Å². The quantitative estimate of drug-likeness (QED) is 0.658. The van der Waals surface area contributed by atoms with Crippen molar-refractivity contribution in [1.82, 2.24) is 0 Å². The maximum absolute atomic E-state index is 12.3. The first-order chi connectivity index (χ1) is 9.69. The zero-order valence-electron chi connectivity index (χ0n) is 11.3. The number of rotatable bonds is 5. The number of nitrogens with one attached hydrogen (secondary N) is 1. The van der Waals surface area contributed by atoms with Gasteiger partial charge in [0, 0.05) is 23.6 Å². The van der Waals surface area contributed by atoms with Gasteiger partial charge in [0.05, 0.1) is 13.7 Å². The van der Waals surface area contributed by atoms with Crippen molar-refractivity contribution < 1.29 is 19.1 Å². The van der Waals surface area contributed by atoms with Gasteiger partial charge in [0.15, 0.2) is 5.78 Å². The Morgan fingerprint density at radius 1 is 1.35 bits per heavy atom. The van der Waals surface area contributed by atoms with Crippen molar-refractivity contribution in [2.24, 2.45) is 5.92 Å². The Morgan fingerprint density at radius 3 is 2.75 bits per heavy atom. The average Bonchev–Trinajstić information content (AvgIpc) is 3.24. The molecule has 5 nitrogen and oxygen atoms in total. The highest BCUT2D eigenvalue weighted by atomic mass is 16.5. The van der Waals surface area contributed by atoms with Crippen molar-refractivity contribution in [3.8, 4) is 5.75 Å². The number of ether oxygens (including phenoxy) is 2. The number of hydrogen-bond acceptors (Lipinski definition) is 5. The van der Waals surface area contributed by atoms with Gasteiger partial charge in [-0.15, -0.1) is 0 Å².